The van der Waals surface area contributed by atoms with Crippen molar-refractivity contribution in [3.8, 4) is 6.07 Å². The molecule has 0 saturated heterocycles. The number of nitrogens with zero attached hydrogens (tertiary/aromatic N) is 2. The fourth-order valence-electron chi connectivity index (χ4n) is 3.39. The summed E-state index contributed by atoms with van der Waals surface area (Å²) in [5.41, 5.74) is 0.380. The van der Waals surface area contributed by atoms with Gasteiger partial charge in [0.1, 0.15) is 0 Å². The molecule has 0 atom stereocenters. The van der Waals surface area contributed by atoms with E-state index in [0.717, 1.165) is 24.9 Å². The van der Waals surface area contributed by atoms with Crippen LogP contribution in [-0.4, -0.2) is 24.5 Å². The lowest BCUT2D eigenvalue weighted by Gasteiger charge is -2.36. The quantitative estimate of drug-likeness (QED) is 0.727. The molecule has 0 amide bonds. The minimum atomic E-state index is 0.380. The smallest absolute Gasteiger partial charge is 0.0628 e. The second-order valence-electron chi connectivity index (χ2n) is 6.33. The highest BCUT2D eigenvalue weighted by atomic mass is 15.1. The molecular formula is C15H26N2. The van der Waals surface area contributed by atoms with E-state index in [1.165, 1.54) is 44.9 Å². The predicted molar refractivity (Wildman–Crippen MR) is 70.6 cm³/mol. The van der Waals surface area contributed by atoms with Gasteiger partial charge in [-0.3, -0.25) is 0 Å². The lowest BCUT2D eigenvalue weighted by Crippen LogP contribution is -2.38. The monoisotopic (exact) mass is 234 g/mol. The Bertz CT molecular complexity index is 280. The van der Waals surface area contributed by atoms with Crippen LogP contribution in [-0.2, 0) is 0 Å². The van der Waals surface area contributed by atoms with Gasteiger partial charge in [0.25, 0.3) is 0 Å². The van der Waals surface area contributed by atoms with Crippen LogP contribution in [0.1, 0.15) is 58.3 Å². The van der Waals surface area contributed by atoms with Crippen LogP contribution in [0.3, 0.4) is 0 Å². The molecule has 0 aromatic heterocycles. The van der Waals surface area contributed by atoms with E-state index in [9.17, 15) is 0 Å². The van der Waals surface area contributed by atoms with Crippen molar-refractivity contribution in [2.45, 2.75) is 64.3 Å². The fraction of sp³-hybridized carbons (Fsp3) is 0.933. The first-order valence-corrected chi connectivity index (χ1v) is 7.26. The third-order valence-corrected chi connectivity index (χ3v) is 5.01. The van der Waals surface area contributed by atoms with Crippen LogP contribution < -0.4 is 0 Å². The number of hydrogen-bond donors (Lipinski definition) is 0. The van der Waals surface area contributed by atoms with E-state index in [2.05, 4.69) is 24.9 Å². The van der Waals surface area contributed by atoms with Crippen LogP contribution in [0.2, 0.25) is 0 Å². The Kier molecular flexibility index (Phi) is 4.09. The fourth-order valence-corrected chi connectivity index (χ4v) is 3.39. The molecule has 0 unspecified atom stereocenters. The molecular weight excluding hydrogens is 208 g/mol. The standard InChI is InChI=1S/C15H26N2/c1-3-13-4-6-14(7-5-13)17(2)12-15(8-9-15)10-11-16/h13-14H,3-10,12H2,1-2H3. The number of hydrogen-bond acceptors (Lipinski definition) is 2. The van der Waals surface area contributed by atoms with Crippen LogP contribution >= 0.6 is 0 Å². The summed E-state index contributed by atoms with van der Waals surface area (Å²) in [4.78, 5) is 2.55. The lowest BCUT2D eigenvalue weighted by molar-refractivity contribution is 0.139. The number of rotatable bonds is 5. The average Bonchev–Trinajstić information content (AvgIpc) is 3.09. The summed E-state index contributed by atoms with van der Waals surface area (Å²) in [5.74, 6) is 0.980. The van der Waals surface area contributed by atoms with Crippen molar-refractivity contribution in [1.82, 2.24) is 4.90 Å². The first kappa shape index (κ1) is 12.9. The first-order valence-electron chi connectivity index (χ1n) is 7.26. The number of nitriles is 1. The van der Waals surface area contributed by atoms with Gasteiger partial charge in [-0.15, -0.1) is 0 Å². The molecule has 2 saturated carbocycles. The molecule has 2 nitrogen and oxygen atoms in total. The van der Waals surface area contributed by atoms with Crippen molar-refractivity contribution in [1.29, 1.82) is 5.26 Å². The highest BCUT2D eigenvalue weighted by molar-refractivity contribution is 5.01. The Morgan fingerprint density at radius 2 is 1.88 bits per heavy atom. The molecule has 96 valence electrons. The van der Waals surface area contributed by atoms with Gasteiger partial charge in [0.15, 0.2) is 0 Å². The zero-order valence-corrected chi connectivity index (χ0v) is 11.4. The van der Waals surface area contributed by atoms with Gasteiger partial charge in [0, 0.05) is 19.0 Å². The van der Waals surface area contributed by atoms with Crippen molar-refractivity contribution in [2.75, 3.05) is 13.6 Å². The summed E-state index contributed by atoms with van der Waals surface area (Å²) < 4.78 is 0. The first-order chi connectivity index (χ1) is 8.19. The van der Waals surface area contributed by atoms with E-state index in [1.54, 1.807) is 0 Å². The molecule has 2 aliphatic rings. The Hall–Kier alpha value is -0.550. The van der Waals surface area contributed by atoms with Crippen LogP contribution in [0.25, 0.3) is 0 Å². The minimum Gasteiger partial charge on any atom is -0.303 e. The molecule has 2 rings (SSSR count). The Labute approximate surface area is 106 Å². The second kappa shape index (κ2) is 5.40. The van der Waals surface area contributed by atoms with Gasteiger partial charge in [-0.2, -0.15) is 5.26 Å². The van der Waals surface area contributed by atoms with Crippen molar-refractivity contribution < 1.29 is 0 Å². The molecule has 0 spiro atoms. The van der Waals surface area contributed by atoms with Crippen molar-refractivity contribution in [2.24, 2.45) is 11.3 Å². The summed E-state index contributed by atoms with van der Waals surface area (Å²) in [6.07, 6.45) is 10.2. The molecule has 0 bridgehead atoms. The van der Waals surface area contributed by atoms with Crippen molar-refractivity contribution in [3.05, 3.63) is 0 Å². The minimum absolute atomic E-state index is 0.380. The average molecular weight is 234 g/mol. The topological polar surface area (TPSA) is 27.0 Å². The molecule has 0 aliphatic heterocycles. The SMILES string of the molecule is CCC1CCC(N(C)CC2(CC#N)CC2)CC1. The summed E-state index contributed by atoms with van der Waals surface area (Å²) in [7, 11) is 2.27. The van der Waals surface area contributed by atoms with E-state index < -0.39 is 0 Å². The largest absolute Gasteiger partial charge is 0.303 e. The maximum atomic E-state index is 8.86. The molecule has 2 fully saturated rings. The van der Waals surface area contributed by atoms with Gasteiger partial charge in [-0.1, -0.05) is 13.3 Å². The third-order valence-electron chi connectivity index (χ3n) is 5.01. The van der Waals surface area contributed by atoms with Gasteiger partial charge in [-0.25, -0.2) is 0 Å². The van der Waals surface area contributed by atoms with E-state index in [4.69, 9.17) is 5.26 Å². The Balaban J connectivity index is 1.77. The Morgan fingerprint density at radius 1 is 1.24 bits per heavy atom. The highest BCUT2D eigenvalue weighted by Crippen LogP contribution is 2.49. The van der Waals surface area contributed by atoms with Gasteiger partial charge < -0.3 is 4.90 Å². The van der Waals surface area contributed by atoms with E-state index in [0.29, 0.717) is 5.41 Å². The second-order valence-corrected chi connectivity index (χ2v) is 6.33. The zero-order chi connectivity index (χ0) is 12.3. The summed E-state index contributed by atoms with van der Waals surface area (Å²) >= 11 is 0. The van der Waals surface area contributed by atoms with Crippen LogP contribution in [0, 0.1) is 22.7 Å². The van der Waals surface area contributed by atoms with Crippen molar-refractivity contribution in [3.63, 3.8) is 0 Å². The van der Waals surface area contributed by atoms with E-state index in [1.807, 2.05) is 0 Å². The molecule has 0 radical (unpaired) electrons. The van der Waals surface area contributed by atoms with Gasteiger partial charge in [0.05, 0.1) is 6.07 Å². The van der Waals surface area contributed by atoms with Gasteiger partial charge >= 0.3 is 0 Å². The molecule has 2 aliphatic carbocycles. The Morgan fingerprint density at radius 3 is 2.35 bits per heavy atom. The van der Waals surface area contributed by atoms with E-state index >= 15 is 0 Å². The van der Waals surface area contributed by atoms with Crippen LogP contribution in [0.15, 0.2) is 0 Å². The lowest BCUT2D eigenvalue weighted by atomic mass is 9.83. The van der Waals surface area contributed by atoms with Crippen LogP contribution in [0.5, 0.6) is 0 Å². The molecule has 0 aromatic carbocycles. The summed E-state index contributed by atoms with van der Waals surface area (Å²) in [6, 6.07) is 3.15. The summed E-state index contributed by atoms with van der Waals surface area (Å²) in [5, 5.41) is 8.86. The molecule has 17 heavy (non-hydrogen) atoms. The van der Waals surface area contributed by atoms with Gasteiger partial charge in [0.2, 0.25) is 0 Å². The predicted octanol–water partition coefficient (Wildman–Crippen LogP) is 3.58. The normalized spacial score (nSPS) is 31.2. The van der Waals surface area contributed by atoms with Gasteiger partial charge in [-0.05, 0) is 56.9 Å². The van der Waals surface area contributed by atoms with Crippen LogP contribution in [0.4, 0.5) is 0 Å². The van der Waals surface area contributed by atoms with Crippen molar-refractivity contribution >= 4 is 0 Å². The third kappa shape index (κ3) is 3.22. The molecule has 0 aromatic rings. The summed E-state index contributed by atoms with van der Waals surface area (Å²) in [6.45, 7) is 3.48. The maximum Gasteiger partial charge on any atom is 0.0628 e. The highest BCUT2D eigenvalue weighted by Gasteiger charge is 2.44. The molecule has 0 N–H and O–H groups in total. The van der Waals surface area contributed by atoms with E-state index in [-0.39, 0.29) is 0 Å². The molecule has 0 heterocycles. The maximum absolute atomic E-state index is 8.86. The molecule has 2 heteroatoms. The zero-order valence-electron chi connectivity index (χ0n) is 11.4.